The molecule has 19 heavy (non-hydrogen) atoms. The maximum absolute atomic E-state index is 10.4. The molecular weight excluding hydrogens is 288 g/mol. The van der Waals surface area contributed by atoms with Crippen LogP contribution in [0, 0.1) is 0 Å². The van der Waals surface area contributed by atoms with Gasteiger partial charge in [0.1, 0.15) is 24.8 Å². The zero-order valence-electron chi connectivity index (χ0n) is 11.2. The summed E-state index contributed by atoms with van der Waals surface area (Å²) in [4.78, 5) is 40.0. The second-order valence-electron chi connectivity index (χ2n) is 2.99. The Labute approximate surface area is 128 Å². The predicted molar refractivity (Wildman–Crippen MR) is 63.6 cm³/mol. The fraction of sp³-hybridized carbons (Fsp3) is 0.667. The number of Topliss-reactive ketones (excluding diaryl/α,β-unsaturated/α-hetero) is 2. The first kappa shape index (κ1) is 23.4. The Kier molecular flexibility index (Phi) is 24.2. The average molecular weight is 306 g/mol. The molecule has 6 nitrogen and oxygen atoms in total. The van der Waals surface area contributed by atoms with Gasteiger partial charge in [-0.2, -0.15) is 0 Å². The van der Waals surface area contributed by atoms with Crippen LogP contribution in [0.4, 0.5) is 0 Å². The van der Waals surface area contributed by atoms with Gasteiger partial charge in [0.2, 0.25) is 0 Å². The Morgan fingerprint density at radius 1 is 0.842 bits per heavy atom. The second-order valence-corrected chi connectivity index (χ2v) is 2.99. The van der Waals surface area contributed by atoms with Crippen molar-refractivity contribution in [1.82, 2.24) is 0 Å². The Hall–Kier alpha value is -0.686. The molecule has 0 bridgehead atoms. The van der Waals surface area contributed by atoms with Crippen molar-refractivity contribution in [2.45, 2.75) is 26.7 Å². The first-order valence-corrected chi connectivity index (χ1v) is 5.51. The van der Waals surface area contributed by atoms with E-state index in [0.29, 0.717) is 13.2 Å². The van der Waals surface area contributed by atoms with Crippen molar-refractivity contribution in [3.8, 4) is 0 Å². The molecule has 7 heteroatoms. The van der Waals surface area contributed by atoms with E-state index < -0.39 is 0 Å². The Morgan fingerprint density at radius 3 is 1.37 bits per heavy atom. The minimum atomic E-state index is -0.216. The summed E-state index contributed by atoms with van der Waals surface area (Å²) in [5.41, 5.74) is 0. The quantitative estimate of drug-likeness (QED) is 0.325. The molecule has 0 aliphatic carbocycles. The zero-order chi connectivity index (χ0) is 14.2. The molecule has 0 saturated heterocycles. The van der Waals surface area contributed by atoms with Gasteiger partial charge in [0.05, 0.1) is 0 Å². The average Bonchev–Trinajstić information content (AvgIpc) is 2.35. The number of hydrogen-bond donors (Lipinski definition) is 0. The van der Waals surface area contributed by atoms with Crippen molar-refractivity contribution in [2.75, 3.05) is 26.4 Å². The summed E-state index contributed by atoms with van der Waals surface area (Å²) in [6.07, 6.45) is 2.69. The summed E-state index contributed by atoms with van der Waals surface area (Å²) >= 11 is 0. The molecule has 0 N–H and O–H groups in total. The standard InChI is InChI=1S/2C6H9O3.Ti/c2*1-2-9-5-6(8)3-4-7;/h2*2-3,5H2,1H3;/q2*-1;+2. The third kappa shape index (κ3) is 22.9. The molecule has 0 aromatic carbocycles. The van der Waals surface area contributed by atoms with E-state index in [1.807, 2.05) is 0 Å². The number of rotatable bonds is 10. The van der Waals surface area contributed by atoms with Gasteiger partial charge in [-0.05, 0) is 13.8 Å². The van der Waals surface area contributed by atoms with E-state index in [-0.39, 0.29) is 59.3 Å². The Balaban J connectivity index is -0.000000256. The summed E-state index contributed by atoms with van der Waals surface area (Å²) < 4.78 is 9.44. The molecule has 0 amide bonds. The predicted octanol–water partition coefficient (Wildman–Crippen LogP) is 0.181. The zero-order valence-corrected chi connectivity index (χ0v) is 12.8. The van der Waals surface area contributed by atoms with E-state index in [4.69, 9.17) is 9.47 Å². The van der Waals surface area contributed by atoms with Crippen LogP contribution in [-0.2, 0) is 50.4 Å². The largest absolute Gasteiger partial charge is 2.00 e. The molecule has 0 spiro atoms. The topological polar surface area (TPSA) is 86.7 Å². The van der Waals surface area contributed by atoms with E-state index in [0.717, 1.165) is 0 Å². The van der Waals surface area contributed by atoms with Crippen LogP contribution >= 0.6 is 0 Å². The normalized spacial score (nSPS) is 8.53. The van der Waals surface area contributed by atoms with Crippen molar-refractivity contribution in [3.05, 3.63) is 0 Å². The number of hydrogen-bond acceptors (Lipinski definition) is 6. The van der Waals surface area contributed by atoms with Crippen molar-refractivity contribution in [3.63, 3.8) is 0 Å². The molecule has 106 valence electrons. The molecule has 0 aliphatic heterocycles. The molecule has 0 saturated carbocycles. The van der Waals surface area contributed by atoms with Crippen LogP contribution in [0.15, 0.2) is 0 Å². The monoisotopic (exact) mass is 306 g/mol. The fourth-order valence-electron chi connectivity index (χ4n) is 0.695. The molecule has 0 atom stereocenters. The minimum Gasteiger partial charge on any atom is -0.541 e. The van der Waals surface area contributed by atoms with Gasteiger partial charge in [-0.1, -0.05) is 12.8 Å². The van der Waals surface area contributed by atoms with E-state index in [2.05, 4.69) is 0 Å². The van der Waals surface area contributed by atoms with Gasteiger partial charge in [0, 0.05) is 13.2 Å². The van der Waals surface area contributed by atoms with E-state index in [9.17, 15) is 19.2 Å². The van der Waals surface area contributed by atoms with E-state index in [1.54, 1.807) is 13.8 Å². The Morgan fingerprint density at radius 2 is 1.16 bits per heavy atom. The number of ether oxygens (including phenoxy) is 2. The minimum absolute atomic E-state index is 0. The van der Waals surface area contributed by atoms with Crippen molar-refractivity contribution in [2.24, 2.45) is 0 Å². The third-order valence-corrected chi connectivity index (χ3v) is 1.47. The van der Waals surface area contributed by atoms with Crippen LogP contribution < -0.4 is 0 Å². The van der Waals surface area contributed by atoms with Gasteiger partial charge in [-0.25, -0.2) is 0 Å². The van der Waals surface area contributed by atoms with Crippen LogP contribution in [0.1, 0.15) is 26.7 Å². The maximum atomic E-state index is 10.4. The molecule has 0 heterocycles. The molecule has 0 aromatic rings. The smallest absolute Gasteiger partial charge is 0.541 e. The second kappa shape index (κ2) is 19.6. The fourth-order valence-corrected chi connectivity index (χ4v) is 0.695. The first-order valence-electron chi connectivity index (χ1n) is 5.51. The number of carbonyl (C=O) groups is 2. The van der Waals surface area contributed by atoms with Gasteiger partial charge in [-0.3, -0.25) is 22.2 Å². The molecule has 0 rings (SSSR count). The molecule has 0 radical (unpaired) electrons. The van der Waals surface area contributed by atoms with Gasteiger partial charge in [0.15, 0.2) is 0 Å². The van der Waals surface area contributed by atoms with E-state index >= 15 is 0 Å². The molecule has 0 aliphatic rings. The summed E-state index contributed by atoms with van der Waals surface area (Å²) in [7, 11) is 0. The van der Waals surface area contributed by atoms with Crippen LogP contribution in [0.25, 0.3) is 0 Å². The third-order valence-electron chi connectivity index (χ3n) is 1.47. The van der Waals surface area contributed by atoms with Gasteiger partial charge >= 0.3 is 21.7 Å². The van der Waals surface area contributed by atoms with Gasteiger partial charge in [0.25, 0.3) is 0 Å². The molecule has 0 fully saturated rings. The van der Waals surface area contributed by atoms with Crippen molar-refractivity contribution < 1.29 is 50.4 Å². The number of carbonyl (C=O) groups excluding carboxylic acids is 4. The van der Waals surface area contributed by atoms with Crippen LogP contribution in [-0.4, -0.2) is 50.6 Å². The van der Waals surface area contributed by atoms with Crippen LogP contribution in [0.5, 0.6) is 0 Å². The maximum Gasteiger partial charge on any atom is 2.00 e. The summed E-state index contributed by atoms with van der Waals surface area (Å²) in [6, 6.07) is 0. The molecule has 0 unspecified atom stereocenters. The van der Waals surface area contributed by atoms with Gasteiger partial charge < -0.3 is 19.1 Å². The van der Waals surface area contributed by atoms with Crippen LogP contribution in [0.3, 0.4) is 0 Å². The van der Waals surface area contributed by atoms with Crippen molar-refractivity contribution >= 4 is 24.1 Å². The SMILES string of the molecule is CCOCC(=O)C[C-]=O.CCOCC(=O)C[C-]=O.[Ti+2]. The summed E-state index contributed by atoms with van der Waals surface area (Å²) in [5, 5.41) is 0. The molecule has 0 aromatic heterocycles. The molecular formula is C12H18O6Ti. The van der Waals surface area contributed by atoms with Gasteiger partial charge in [-0.15, -0.1) is 0 Å². The van der Waals surface area contributed by atoms with Crippen LogP contribution in [0.2, 0.25) is 0 Å². The van der Waals surface area contributed by atoms with E-state index in [1.165, 1.54) is 12.6 Å². The Bertz CT molecular complexity index is 229. The summed E-state index contributed by atoms with van der Waals surface area (Å²) in [6.45, 7) is 4.66. The first-order chi connectivity index (χ1) is 8.62. The summed E-state index contributed by atoms with van der Waals surface area (Å²) in [5.74, 6) is -0.432. The van der Waals surface area contributed by atoms with Crippen molar-refractivity contribution in [1.29, 1.82) is 0 Å². The number of ketones is 2.